The lowest BCUT2D eigenvalue weighted by Crippen LogP contribution is -1.91. The summed E-state index contributed by atoms with van der Waals surface area (Å²) in [5, 5.41) is 10.5. The zero-order valence-electron chi connectivity index (χ0n) is 8.98. The number of hydrogen-bond donors (Lipinski definition) is 3. The van der Waals surface area contributed by atoms with Crippen LogP contribution < -0.4 is 4.52 Å². The number of phenols is 1. The molecule has 0 fully saturated rings. The van der Waals surface area contributed by atoms with Gasteiger partial charge in [0.15, 0.2) is 6.29 Å². The van der Waals surface area contributed by atoms with Crippen LogP contribution in [0, 0.1) is 0 Å². The summed E-state index contributed by atoms with van der Waals surface area (Å²) in [6.07, 6.45) is 0.515. The molecule has 0 saturated heterocycles. The molecule has 0 spiro atoms. The Morgan fingerprint density at radius 3 is 2.50 bits per heavy atom. The molecule has 0 heterocycles. The van der Waals surface area contributed by atoms with Gasteiger partial charge in [-0.1, -0.05) is 6.07 Å². The summed E-state index contributed by atoms with van der Waals surface area (Å²) >= 11 is 0. The van der Waals surface area contributed by atoms with Crippen molar-refractivity contribution >= 4 is 24.9 Å². The van der Waals surface area contributed by atoms with E-state index in [4.69, 9.17) is 9.79 Å². The second-order valence-electron chi connectivity index (χ2n) is 3.58. The Balaban J connectivity index is 2.57. The van der Waals surface area contributed by atoms with Crippen LogP contribution in [0.1, 0.15) is 10.4 Å². The number of carbonyl (C=O) groups is 1. The molecule has 0 unspecified atom stereocenters. The molecule has 0 aromatic heterocycles. The molecule has 0 saturated carbocycles. The van der Waals surface area contributed by atoms with E-state index in [9.17, 15) is 14.5 Å². The maximum Gasteiger partial charge on any atom is 0.524 e. The smallest absolute Gasteiger partial charge is 0.507 e. The summed E-state index contributed by atoms with van der Waals surface area (Å²) in [6, 6.07) is 6.98. The standard InChI is InChI=1S/C11H9O6P/c12-6-10-9-3-2-8(17-18(14,15)16)5-7(9)1-4-11(10)13/h1-6,13H,(H2,14,15,16). The number of fused-ring (bicyclic) bond motifs is 1. The van der Waals surface area contributed by atoms with Gasteiger partial charge in [-0.25, -0.2) is 4.57 Å². The van der Waals surface area contributed by atoms with Crippen LogP contribution in [0.2, 0.25) is 0 Å². The molecule has 0 radical (unpaired) electrons. The highest BCUT2D eigenvalue weighted by molar-refractivity contribution is 7.46. The van der Waals surface area contributed by atoms with Gasteiger partial charge in [-0.05, 0) is 35.0 Å². The Bertz CT molecular complexity index is 660. The first-order valence-corrected chi connectivity index (χ1v) is 6.40. The number of phosphoric acid groups is 1. The lowest BCUT2D eigenvalue weighted by atomic mass is 10.0. The molecular weight excluding hydrogens is 259 g/mol. The predicted molar refractivity (Wildman–Crippen MR) is 63.7 cm³/mol. The van der Waals surface area contributed by atoms with Crippen LogP contribution in [0.4, 0.5) is 0 Å². The van der Waals surface area contributed by atoms with E-state index in [2.05, 4.69) is 4.52 Å². The van der Waals surface area contributed by atoms with Crippen LogP contribution in [0.3, 0.4) is 0 Å². The Kier molecular flexibility index (Phi) is 3.09. The summed E-state index contributed by atoms with van der Waals surface area (Å²) in [5.41, 5.74) is 0.121. The number of benzene rings is 2. The second-order valence-corrected chi connectivity index (χ2v) is 4.74. The quantitative estimate of drug-likeness (QED) is 0.579. The molecule has 0 bridgehead atoms. The van der Waals surface area contributed by atoms with Crippen molar-refractivity contribution in [2.24, 2.45) is 0 Å². The number of aldehydes is 1. The van der Waals surface area contributed by atoms with Crippen molar-refractivity contribution in [3.63, 3.8) is 0 Å². The zero-order chi connectivity index (χ0) is 13.3. The van der Waals surface area contributed by atoms with Crippen LogP contribution in [-0.2, 0) is 4.57 Å². The van der Waals surface area contributed by atoms with E-state index in [0.717, 1.165) is 0 Å². The topological polar surface area (TPSA) is 104 Å². The third-order valence-electron chi connectivity index (χ3n) is 2.35. The zero-order valence-corrected chi connectivity index (χ0v) is 9.87. The molecule has 6 nitrogen and oxygen atoms in total. The van der Waals surface area contributed by atoms with Crippen LogP contribution >= 0.6 is 7.82 Å². The van der Waals surface area contributed by atoms with E-state index in [-0.39, 0.29) is 17.1 Å². The maximum atomic E-state index is 10.8. The van der Waals surface area contributed by atoms with E-state index in [0.29, 0.717) is 17.1 Å². The third kappa shape index (κ3) is 2.51. The van der Waals surface area contributed by atoms with Crippen molar-refractivity contribution in [3.8, 4) is 11.5 Å². The van der Waals surface area contributed by atoms with E-state index < -0.39 is 7.82 Å². The molecule has 0 aliphatic heterocycles. The van der Waals surface area contributed by atoms with E-state index >= 15 is 0 Å². The highest BCUT2D eigenvalue weighted by Gasteiger charge is 2.16. The summed E-state index contributed by atoms with van der Waals surface area (Å²) in [4.78, 5) is 28.2. The Hall–Kier alpha value is -1.88. The van der Waals surface area contributed by atoms with Crippen molar-refractivity contribution in [2.45, 2.75) is 0 Å². The van der Waals surface area contributed by atoms with E-state index in [1.807, 2.05) is 0 Å². The number of phenolic OH excluding ortho intramolecular Hbond substituents is 1. The lowest BCUT2D eigenvalue weighted by Gasteiger charge is -2.09. The molecule has 0 amide bonds. The molecule has 2 rings (SSSR count). The molecule has 2 aromatic carbocycles. The largest absolute Gasteiger partial charge is 0.524 e. The van der Waals surface area contributed by atoms with Crippen LogP contribution in [-0.4, -0.2) is 21.2 Å². The average molecular weight is 268 g/mol. The SMILES string of the molecule is O=Cc1c(O)ccc2cc(OP(=O)(O)O)ccc12. The molecule has 7 heteroatoms. The lowest BCUT2D eigenvalue weighted by molar-refractivity contribution is 0.112. The number of phosphoric ester groups is 1. The summed E-state index contributed by atoms with van der Waals surface area (Å²) in [5.74, 6) is -0.167. The minimum atomic E-state index is -4.61. The van der Waals surface area contributed by atoms with Gasteiger partial charge in [-0.2, -0.15) is 0 Å². The van der Waals surface area contributed by atoms with Crippen LogP contribution in [0.25, 0.3) is 10.8 Å². The molecule has 3 N–H and O–H groups in total. The van der Waals surface area contributed by atoms with Gasteiger partial charge < -0.3 is 9.63 Å². The second kappa shape index (κ2) is 4.42. The normalized spacial score (nSPS) is 11.4. The fraction of sp³-hybridized carbons (Fsp3) is 0. The predicted octanol–water partition coefficient (Wildman–Crippen LogP) is 1.83. The van der Waals surface area contributed by atoms with Gasteiger partial charge in [0, 0.05) is 0 Å². The fourth-order valence-corrected chi connectivity index (χ4v) is 2.03. The molecule has 94 valence electrons. The van der Waals surface area contributed by atoms with Crippen LogP contribution in [0.15, 0.2) is 30.3 Å². The van der Waals surface area contributed by atoms with Gasteiger partial charge in [0.05, 0.1) is 5.56 Å². The molecule has 0 atom stereocenters. The molecule has 2 aromatic rings. The monoisotopic (exact) mass is 268 g/mol. The Morgan fingerprint density at radius 1 is 1.17 bits per heavy atom. The van der Waals surface area contributed by atoms with Gasteiger partial charge >= 0.3 is 7.82 Å². The highest BCUT2D eigenvalue weighted by Crippen LogP contribution is 2.39. The third-order valence-corrected chi connectivity index (χ3v) is 2.80. The number of carbonyl (C=O) groups excluding carboxylic acids is 1. The number of aromatic hydroxyl groups is 1. The first kappa shape index (κ1) is 12.6. The van der Waals surface area contributed by atoms with Gasteiger partial charge in [0.2, 0.25) is 0 Å². The molecule has 0 aliphatic rings. The minimum Gasteiger partial charge on any atom is -0.507 e. The Morgan fingerprint density at radius 2 is 1.89 bits per heavy atom. The van der Waals surface area contributed by atoms with Gasteiger partial charge in [0.1, 0.15) is 11.5 Å². The fourth-order valence-electron chi connectivity index (χ4n) is 1.64. The highest BCUT2D eigenvalue weighted by atomic mass is 31.2. The van der Waals surface area contributed by atoms with Crippen molar-refractivity contribution in [2.75, 3.05) is 0 Å². The van der Waals surface area contributed by atoms with Crippen molar-refractivity contribution in [1.82, 2.24) is 0 Å². The van der Waals surface area contributed by atoms with Gasteiger partial charge in [0.25, 0.3) is 0 Å². The van der Waals surface area contributed by atoms with Crippen LogP contribution in [0.5, 0.6) is 11.5 Å². The first-order chi connectivity index (χ1) is 8.40. The molecular formula is C11H9O6P. The first-order valence-electron chi connectivity index (χ1n) is 4.87. The van der Waals surface area contributed by atoms with Crippen molar-refractivity contribution in [1.29, 1.82) is 0 Å². The minimum absolute atomic E-state index is 0.0154. The van der Waals surface area contributed by atoms with Crippen molar-refractivity contribution < 1.29 is 28.8 Å². The summed E-state index contributed by atoms with van der Waals surface area (Å²) in [6.45, 7) is 0. The number of hydrogen-bond acceptors (Lipinski definition) is 4. The van der Waals surface area contributed by atoms with Crippen molar-refractivity contribution in [3.05, 3.63) is 35.9 Å². The van der Waals surface area contributed by atoms with Gasteiger partial charge in [-0.15, -0.1) is 0 Å². The maximum absolute atomic E-state index is 10.8. The van der Waals surface area contributed by atoms with E-state index in [1.165, 1.54) is 30.3 Å². The Labute approximate surface area is 102 Å². The summed E-state index contributed by atoms with van der Waals surface area (Å²) < 4.78 is 15.1. The van der Waals surface area contributed by atoms with Gasteiger partial charge in [-0.3, -0.25) is 14.6 Å². The average Bonchev–Trinajstić information content (AvgIpc) is 2.27. The molecule has 0 aliphatic carbocycles. The number of rotatable bonds is 3. The summed E-state index contributed by atoms with van der Waals surface area (Å²) in [7, 11) is -4.61. The van der Waals surface area contributed by atoms with E-state index in [1.54, 1.807) is 0 Å². The molecule has 18 heavy (non-hydrogen) atoms.